The van der Waals surface area contributed by atoms with Crippen LogP contribution in [0.4, 0.5) is 4.39 Å². The van der Waals surface area contributed by atoms with Crippen LogP contribution in [-0.2, 0) is 0 Å². The maximum absolute atomic E-state index is 13.7. The minimum absolute atomic E-state index is 0.330. The summed E-state index contributed by atoms with van der Waals surface area (Å²) in [4.78, 5) is 1.07. The fourth-order valence-corrected chi connectivity index (χ4v) is 3.63. The van der Waals surface area contributed by atoms with Crippen LogP contribution in [0.25, 0.3) is 0 Å². The van der Waals surface area contributed by atoms with Crippen molar-refractivity contribution in [2.45, 2.75) is 13.0 Å². The second-order valence-electron chi connectivity index (χ2n) is 3.71. The highest BCUT2D eigenvalue weighted by molar-refractivity contribution is 9.11. The highest BCUT2D eigenvalue weighted by Gasteiger charge is 2.17. The first-order valence-corrected chi connectivity index (χ1v) is 6.94. The van der Waals surface area contributed by atoms with Gasteiger partial charge < -0.3 is 5.73 Å². The molecule has 1 aromatic carbocycles. The summed E-state index contributed by atoms with van der Waals surface area (Å²) in [6.45, 7) is 1.97. The summed E-state index contributed by atoms with van der Waals surface area (Å²) in [5.41, 5.74) is 7.43. The average molecular weight is 335 g/mol. The third-order valence-corrected chi connectivity index (χ3v) is 4.36. The molecular formula is C12H10BrClFNS. The van der Waals surface area contributed by atoms with Crippen molar-refractivity contribution in [3.8, 4) is 0 Å². The summed E-state index contributed by atoms with van der Waals surface area (Å²) in [7, 11) is 0. The Labute approximate surface area is 117 Å². The van der Waals surface area contributed by atoms with Crippen LogP contribution in [-0.4, -0.2) is 0 Å². The molecule has 0 amide bonds. The molecule has 1 nitrogen and oxygen atoms in total. The van der Waals surface area contributed by atoms with Crippen LogP contribution in [0, 0.1) is 12.7 Å². The van der Waals surface area contributed by atoms with E-state index >= 15 is 0 Å². The molecule has 17 heavy (non-hydrogen) atoms. The van der Waals surface area contributed by atoms with E-state index in [0.29, 0.717) is 10.6 Å². The molecule has 90 valence electrons. The summed E-state index contributed by atoms with van der Waals surface area (Å²) in [5, 5.41) is 0.490. The molecular weight excluding hydrogens is 325 g/mol. The van der Waals surface area contributed by atoms with E-state index in [1.807, 2.05) is 13.0 Å². The number of halogens is 3. The fourth-order valence-electron chi connectivity index (χ4n) is 1.69. The first kappa shape index (κ1) is 13.0. The first-order valence-electron chi connectivity index (χ1n) is 4.95. The van der Waals surface area contributed by atoms with E-state index in [4.69, 9.17) is 17.3 Å². The van der Waals surface area contributed by atoms with Crippen LogP contribution in [0.15, 0.2) is 28.1 Å². The topological polar surface area (TPSA) is 26.0 Å². The molecule has 1 aromatic heterocycles. The molecule has 0 aliphatic rings. The highest BCUT2D eigenvalue weighted by atomic mass is 79.9. The monoisotopic (exact) mass is 333 g/mol. The zero-order chi connectivity index (χ0) is 12.6. The third-order valence-electron chi connectivity index (χ3n) is 2.55. The van der Waals surface area contributed by atoms with E-state index in [1.165, 1.54) is 12.1 Å². The summed E-state index contributed by atoms with van der Waals surface area (Å²) in [6, 6.07) is 5.87. The van der Waals surface area contributed by atoms with Crippen molar-refractivity contribution in [2.24, 2.45) is 5.73 Å². The smallest absolute Gasteiger partial charge is 0.128 e. The lowest BCUT2D eigenvalue weighted by atomic mass is 10.00. The molecule has 2 rings (SSSR count). The number of benzene rings is 1. The number of nitrogens with two attached hydrogens (primary N) is 1. The summed E-state index contributed by atoms with van der Waals surface area (Å²) < 4.78 is 14.7. The van der Waals surface area contributed by atoms with Crippen molar-refractivity contribution >= 4 is 38.9 Å². The van der Waals surface area contributed by atoms with Crippen molar-refractivity contribution in [1.29, 1.82) is 0 Å². The largest absolute Gasteiger partial charge is 0.320 e. The maximum atomic E-state index is 13.7. The summed E-state index contributed by atoms with van der Waals surface area (Å²) >= 11 is 10.8. The van der Waals surface area contributed by atoms with Gasteiger partial charge in [0.15, 0.2) is 0 Å². The molecule has 0 bridgehead atoms. The van der Waals surface area contributed by atoms with E-state index in [2.05, 4.69) is 15.9 Å². The van der Waals surface area contributed by atoms with Crippen molar-refractivity contribution in [3.05, 3.63) is 54.9 Å². The SMILES string of the molecule is Cc1sc(Br)cc1C(N)c1cc(Cl)ccc1F. The molecule has 0 fully saturated rings. The van der Waals surface area contributed by atoms with Crippen LogP contribution in [0.1, 0.15) is 22.0 Å². The Balaban J connectivity index is 2.46. The van der Waals surface area contributed by atoms with E-state index < -0.39 is 6.04 Å². The standard InChI is InChI=1S/C12H10BrClFNS/c1-6-8(5-11(13)17-6)12(16)9-4-7(14)2-3-10(9)15/h2-5,12H,16H2,1H3. The van der Waals surface area contributed by atoms with Gasteiger partial charge in [0.2, 0.25) is 0 Å². The Morgan fingerprint density at radius 1 is 1.35 bits per heavy atom. The molecule has 2 aromatic rings. The Morgan fingerprint density at radius 2 is 2.06 bits per heavy atom. The Hall–Kier alpha value is -0.420. The van der Waals surface area contributed by atoms with Gasteiger partial charge >= 0.3 is 0 Å². The van der Waals surface area contributed by atoms with Crippen molar-refractivity contribution in [3.63, 3.8) is 0 Å². The Morgan fingerprint density at radius 3 is 2.65 bits per heavy atom. The van der Waals surface area contributed by atoms with E-state index in [1.54, 1.807) is 17.4 Å². The van der Waals surface area contributed by atoms with E-state index in [0.717, 1.165) is 14.2 Å². The number of hydrogen-bond acceptors (Lipinski definition) is 2. The third kappa shape index (κ3) is 2.71. The molecule has 0 aliphatic carbocycles. The maximum Gasteiger partial charge on any atom is 0.128 e. The van der Waals surface area contributed by atoms with Crippen LogP contribution in [0.5, 0.6) is 0 Å². The summed E-state index contributed by atoms with van der Waals surface area (Å²) in [5.74, 6) is -0.330. The molecule has 5 heteroatoms. The van der Waals surface area contributed by atoms with Gasteiger partial charge in [-0.2, -0.15) is 0 Å². The molecule has 0 spiro atoms. The fraction of sp³-hybridized carbons (Fsp3) is 0.167. The van der Waals surface area contributed by atoms with Crippen molar-refractivity contribution in [2.75, 3.05) is 0 Å². The van der Waals surface area contributed by atoms with E-state index in [9.17, 15) is 4.39 Å². The van der Waals surface area contributed by atoms with Gasteiger partial charge in [0.25, 0.3) is 0 Å². The van der Waals surface area contributed by atoms with Crippen molar-refractivity contribution < 1.29 is 4.39 Å². The van der Waals surface area contributed by atoms with Gasteiger partial charge in [0, 0.05) is 15.5 Å². The minimum Gasteiger partial charge on any atom is -0.320 e. The normalized spacial score (nSPS) is 12.8. The Bertz CT molecular complexity index is 555. The van der Waals surface area contributed by atoms with Gasteiger partial charge in [-0.3, -0.25) is 0 Å². The zero-order valence-corrected chi connectivity index (χ0v) is 12.2. The molecule has 0 saturated heterocycles. The summed E-state index contributed by atoms with van der Waals surface area (Å²) in [6.07, 6.45) is 0. The molecule has 1 heterocycles. The van der Waals surface area contributed by atoms with Crippen molar-refractivity contribution in [1.82, 2.24) is 0 Å². The lowest BCUT2D eigenvalue weighted by molar-refractivity contribution is 0.599. The first-order chi connectivity index (χ1) is 7.99. The zero-order valence-electron chi connectivity index (χ0n) is 9.01. The molecule has 2 N–H and O–H groups in total. The Kier molecular flexibility index (Phi) is 3.88. The second kappa shape index (κ2) is 5.06. The number of rotatable bonds is 2. The van der Waals surface area contributed by atoms with E-state index in [-0.39, 0.29) is 5.82 Å². The number of thiophene rings is 1. The number of hydrogen-bond donors (Lipinski definition) is 1. The predicted octanol–water partition coefficient (Wildman–Crippen LogP) is 4.66. The second-order valence-corrected chi connectivity index (χ2v) is 6.78. The van der Waals surface area contributed by atoms with Crippen LogP contribution in [0.2, 0.25) is 5.02 Å². The predicted molar refractivity (Wildman–Crippen MR) is 74.2 cm³/mol. The van der Waals surface area contributed by atoms with Crippen LogP contribution in [0.3, 0.4) is 0 Å². The molecule has 0 radical (unpaired) electrons. The lowest BCUT2D eigenvalue weighted by Crippen LogP contribution is -2.13. The van der Waals surface area contributed by atoms with Crippen LogP contribution < -0.4 is 5.73 Å². The highest BCUT2D eigenvalue weighted by Crippen LogP contribution is 2.33. The van der Waals surface area contributed by atoms with Gasteiger partial charge in [-0.25, -0.2) is 4.39 Å². The number of aryl methyl sites for hydroxylation is 1. The quantitative estimate of drug-likeness (QED) is 0.849. The van der Waals surface area contributed by atoms with Gasteiger partial charge in [-0.15, -0.1) is 11.3 Å². The molecule has 1 unspecified atom stereocenters. The minimum atomic E-state index is -0.490. The van der Waals surface area contributed by atoms with Gasteiger partial charge in [-0.05, 0) is 52.7 Å². The average Bonchev–Trinajstić information content (AvgIpc) is 2.60. The van der Waals surface area contributed by atoms with Gasteiger partial charge in [0.05, 0.1) is 9.83 Å². The molecule has 1 atom stereocenters. The lowest BCUT2D eigenvalue weighted by Gasteiger charge is -2.13. The molecule has 0 saturated carbocycles. The van der Waals surface area contributed by atoms with Gasteiger partial charge in [0.1, 0.15) is 5.82 Å². The van der Waals surface area contributed by atoms with Gasteiger partial charge in [-0.1, -0.05) is 11.6 Å². The van der Waals surface area contributed by atoms with Crippen LogP contribution >= 0.6 is 38.9 Å². The molecule has 0 aliphatic heterocycles.